The third kappa shape index (κ3) is 9.07. The highest BCUT2D eigenvalue weighted by Crippen LogP contribution is 2.34. The van der Waals surface area contributed by atoms with E-state index in [0.29, 0.717) is 88.3 Å². The molecule has 0 aromatic heterocycles. The quantitative estimate of drug-likeness (QED) is 0.276. The summed E-state index contributed by atoms with van der Waals surface area (Å²) in [6.07, 6.45) is 2.84. The number of hydrogen-bond donors (Lipinski definition) is 1. The van der Waals surface area contributed by atoms with Crippen LogP contribution in [0.2, 0.25) is 0 Å². The highest BCUT2D eigenvalue weighted by molar-refractivity contribution is 5.86. The number of ether oxygens (including phenoxy) is 4. The van der Waals surface area contributed by atoms with Gasteiger partial charge < -0.3 is 34.1 Å². The van der Waals surface area contributed by atoms with Gasteiger partial charge in [0.2, 0.25) is 11.8 Å². The van der Waals surface area contributed by atoms with Crippen molar-refractivity contribution in [2.75, 3.05) is 80.0 Å². The Morgan fingerprint density at radius 1 is 1.11 bits per heavy atom. The van der Waals surface area contributed by atoms with Gasteiger partial charge in [-0.05, 0) is 61.6 Å². The van der Waals surface area contributed by atoms with Crippen LogP contribution in [0.4, 0.5) is 4.39 Å². The van der Waals surface area contributed by atoms with Crippen molar-refractivity contribution in [2.24, 2.45) is 11.8 Å². The van der Waals surface area contributed by atoms with E-state index in [-0.39, 0.29) is 24.2 Å². The number of piperidine rings is 1. The number of carbonyl (C=O) groups is 2. The van der Waals surface area contributed by atoms with Crippen molar-refractivity contribution in [3.05, 3.63) is 42.2 Å². The van der Waals surface area contributed by atoms with Gasteiger partial charge in [0.05, 0.1) is 40.1 Å². The molecule has 0 spiro atoms. The molecular formula is C27H40FN3O6. The van der Waals surface area contributed by atoms with Gasteiger partial charge >= 0.3 is 0 Å². The van der Waals surface area contributed by atoms with Crippen LogP contribution >= 0.6 is 0 Å². The zero-order valence-electron chi connectivity index (χ0n) is 22.0. The molecule has 2 saturated heterocycles. The topological polar surface area (TPSA) is 89.6 Å². The Bertz CT molecular complexity index is 901. The average Bonchev–Trinajstić information content (AvgIpc) is 3.33. The van der Waals surface area contributed by atoms with E-state index in [1.165, 1.54) is 12.1 Å². The summed E-state index contributed by atoms with van der Waals surface area (Å²) in [5.41, 5.74) is 0.682. The van der Waals surface area contributed by atoms with Crippen LogP contribution in [0.3, 0.4) is 0 Å². The number of carbonyl (C=O) groups excluding carboxylic acids is 2. The van der Waals surface area contributed by atoms with Gasteiger partial charge in [-0.15, -0.1) is 0 Å². The number of methoxy groups -OCH3 is 1. The van der Waals surface area contributed by atoms with Gasteiger partial charge in [-0.2, -0.15) is 0 Å². The maximum atomic E-state index is 14.3. The smallest absolute Gasteiger partial charge is 0.248 e. The van der Waals surface area contributed by atoms with Gasteiger partial charge in [0, 0.05) is 32.2 Å². The summed E-state index contributed by atoms with van der Waals surface area (Å²) in [4.78, 5) is 27.9. The summed E-state index contributed by atoms with van der Waals surface area (Å²) in [5, 5.41) is 2.62. The number of amides is 2. The third-order valence-corrected chi connectivity index (χ3v) is 6.97. The third-order valence-electron chi connectivity index (χ3n) is 6.97. The van der Waals surface area contributed by atoms with E-state index in [9.17, 15) is 14.0 Å². The fourth-order valence-electron chi connectivity index (χ4n) is 5.14. The summed E-state index contributed by atoms with van der Waals surface area (Å²) < 4.78 is 35.9. The molecule has 2 fully saturated rings. The number of benzene rings is 1. The van der Waals surface area contributed by atoms with Gasteiger partial charge in [0.25, 0.3) is 0 Å². The van der Waals surface area contributed by atoms with Crippen molar-refractivity contribution in [1.29, 1.82) is 0 Å². The van der Waals surface area contributed by atoms with E-state index in [2.05, 4.69) is 23.8 Å². The van der Waals surface area contributed by atoms with Crippen molar-refractivity contribution >= 4 is 11.8 Å². The first-order chi connectivity index (χ1) is 17.9. The number of halogens is 1. The Hall–Kier alpha value is -2.53. The fourth-order valence-corrected chi connectivity index (χ4v) is 5.14. The van der Waals surface area contributed by atoms with Gasteiger partial charge in [-0.25, -0.2) is 4.39 Å². The molecule has 1 aromatic rings. The molecule has 0 unspecified atom stereocenters. The summed E-state index contributed by atoms with van der Waals surface area (Å²) in [7, 11) is 3.68. The molecule has 0 radical (unpaired) electrons. The predicted octanol–water partition coefficient (Wildman–Crippen LogP) is 1.51. The SMILES string of the molecule is C=CC(=O)NCCOCCOCCOCC(=O)N1C[C@@H]2C[C@H](Cc3cc(OC)ccc3F)CN(C)[C@H]2C1. The van der Waals surface area contributed by atoms with Crippen LogP contribution in [-0.2, 0) is 30.2 Å². The maximum absolute atomic E-state index is 14.3. The molecule has 0 aliphatic carbocycles. The Labute approximate surface area is 218 Å². The fraction of sp³-hybridized carbons (Fsp3) is 0.630. The molecule has 9 nitrogen and oxygen atoms in total. The molecule has 1 aromatic carbocycles. The monoisotopic (exact) mass is 521 g/mol. The molecule has 3 atom stereocenters. The van der Waals surface area contributed by atoms with Gasteiger partial charge in [-0.3, -0.25) is 9.59 Å². The number of likely N-dealkylation sites (N-methyl/N-ethyl adjacent to an activating group) is 1. The Kier molecular flexibility index (Phi) is 11.8. The lowest BCUT2D eigenvalue weighted by Crippen LogP contribution is -2.46. The van der Waals surface area contributed by atoms with Gasteiger partial charge in [0.1, 0.15) is 18.2 Å². The Morgan fingerprint density at radius 3 is 2.57 bits per heavy atom. The molecule has 37 heavy (non-hydrogen) atoms. The zero-order chi connectivity index (χ0) is 26.6. The second kappa shape index (κ2) is 15.0. The van der Waals surface area contributed by atoms with E-state index in [1.807, 2.05) is 4.90 Å². The number of likely N-dealkylation sites (tertiary alicyclic amines) is 2. The molecule has 2 aliphatic heterocycles. The maximum Gasteiger partial charge on any atom is 0.248 e. The standard InChI is InChI=1S/C27H40FN3O6/c1-4-26(32)29-7-8-35-9-10-36-11-12-37-19-27(33)31-17-22-14-20(16-30(2)25(22)18-31)13-21-15-23(34-3)5-6-24(21)28/h4-6,15,20,22,25H,1,7-14,16-19H2,2-3H3,(H,29,32)/t20-,22-,25-/m0/s1. The van der Waals surface area contributed by atoms with Crippen LogP contribution in [0, 0.1) is 17.7 Å². The molecule has 10 heteroatoms. The first-order valence-electron chi connectivity index (χ1n) is 12.8. The number of hydrogen-bond acceptors (Lipinski definition) is 7. The van der Waals surface area contributed by atoms with Crippen LogP contribution in [-0.4, -0.2) is 108 Å². The van der Waals surface area contributed by atoms with Crippen LogP contribution in [0.1, 0.15) is 12.0 Å². The van der Waals surface area contributed by atoms with E-state index in [4.69, 9.17) is 18.9 Å². The molecular weight excluding hydrogens is 481 g/mol. The molecule has 2 amide bonds. The molecule has 2 aliphatic rings. The molecule has 206 valence electrons. The first-order valence-corrected chi connectivity index (χ1v) is 12.8. The van der Waals surface area contributed by atoms with E-state index >= 15 is 0 Å². The minimum atomic E-state index is -0.225. The van der Waals surface area contributed by atoms with Gasteiger partial charge in [-0.1, -0.05) is 6.58 Å². The van der Waals surface area contributed by atoms with Crippen LogP contribution in [0.5, 0.6) is 5.75 Å². The molecule has 0 bridgehead atoms. The zero-order valence-corrected chi connectivity index (χ0v) is 22.0. The first kappa shape index (κ1) is 29.0. The second-order valence-electron chi connectivity index (χ2n) is 9.60. The van der Waals surface area contributed by atoms with Gasteiger partial charge in [0.15, 0.2) is 0 Å². The highest BCUT2D eigenvalue weighted by atomic mass is 19.1. The van der Waals surface area contributed by atoms with Crippen molar-refractivity contribution < 1.29 is 32.9 Å². The summed E-state index contributed by atoms with van der Waals surface area (Å²) in [6, 6.07) is 5.21. The summed E-state index contributed by atoms with van der Waals surface area (Å²) >= 11 is 0. The van der Waals surface area contributed by atoms with E-state index in [1.54, 1.807) is 19.2 Å². The summed E-state index contributed by atoms with van der Waals surface area (Å²) in [5.74, 6) is 0.929. The van der Waals surface area contributed by atoms with Crippen molar-refractivity contribution in [3.8, 4) is 5.75 Å². The van der Waals surface area contributed by atoms with Crippen LogP contribution in [0.15, 0.2) is 30.9 Å². The number of fused-ring (bicyclic) bond motifs is 1. The molecule has 3 rings (SSSR count). The normalized spacial score (nSPS) is 21.5. The minimum Gasteiger partial charge on any atom is -0.497 e. The van der Waals surface area contributed by atoms with Crippen molar-refractivity contribution in [3.63, 3.8) is 0 Å². The Balaban J connectivity index is 1.29. The largest absolute Gasteiger partial charge is 0.497 e. The number of nitrogens with zero attached hydrogens (tertiary/aromatic N) is 2. The lowest BCUT2D eigenvalue weighted by atomic mass is 9.82. The minimum absolute atomic E-state index is 0.0110. The predicted molar refractivity (Wildman–Crippen MR) is 137 cm³/mol. The molecule has 1 N–H and O–H groups in total. The van der Waals surface area contributed by atoms with Crippen LogP contribution < -0.4 is 10.1 Å². The average molecular weight is 522 g/mol. The lowest BCUT2D eigenvalue weighted by Gasteiger charge is -2.38. The van der Waals surface area contributed by atoms with Crippen LogP contribution in [0.25, 0.3) is 0 Å². The number of nitrogens with one attached hydrogen (secondary N) is 1. The molecule has 0 saturated carbocycles. The highest BCUT2D eigenvalue weighted by Gasteiger charge is 2.42. The van der Waals surface area contributed by atoms with Crippen molar-refractivity contribution in [1.82, 2.24) is 15.1 Å². The number of rotatable bonds is 15. The van der Waals surface area contributed by atoms with E-state index in [0.717, 1.165) is 13.0 Å². The van der Waals surface area contributed by atoms with Crippen molar-refractivity contribution in [2.45, 2.75) is 18.9 Å². The molecule has 2 heterocycles. The lowest BCUT2D eigenvalue weighted by molar-refractivity contribution is -0.135. The Morgan fingerprint density at radius 2 is 1.84 bits per heavy atom. The second-order valence-corrected chi connectivity index (χ2v) is 9.60. The van der Waals surface area contributed by atoms with E-state index < -0.39 is 0 Å². The summed E-state index contributed by atoms with van der Waals surface area (Å²) in [6.45, 7) is 8.04.